The van der Waals surface area contributed by atoms with Gasteiger partial charge in [-0.15, -0.1) is 0 Å². The van der Waals surface area contributed by atoms with E-state index in [1.54, 1.807) is 14.2 Å². The maximum atomic E-state index is 12.4. The maximum Gasteiger partial charge on any atom is 0.224 e. The first-order chi connectivity index (χ1) is 10.6. The zero-order valence-corrected chi connectivity index (χ0v) is 13.6. The monoisotopic (exact) mass is 303 g/mol. The predicted molar refractivity (Wildman–Crippen MR) is 86.5 cm³/mol. The van der Waals surface area contributed by atoms with Crippen LogP contribution >= 0.6 is 0 Å². The molecule has 2 bridgehead atoms. The van der Waals surface area contributed by atoms with Crippen LogP contribution in [0.4, 0.5) is 5.69 Å². The SMILES string of the molecule is COc1cc(C)c(NC(=O)C[C@@H]2C[C@H]3CC[C@H]2C3)cc1OC. The molecule has 1 amide bonds. The fourth-order valence-corrected chi connectivity index (χ4v) is 4.18. The number of ether oxygens (including phenoxy) is 2. The molecule has 2 fully saturated rings. The topological polar surface area (TPSA) is 47.6 Å². The van der Waals surface area contributed by atoms with Crippen LogP contribution in [0.3, 0.4) is 0 Å². The second kappa shape index (κ2) is 6.19. The van der Waals surface area contributed by atoms with Crippen molar-refractivity contribution in [2.75, 3.05) is 19.5 Å². The van der Waals surface area contributed by atoms with Crippen molar-refractivity contribution in [3.05, 3.63) is 17.7 Å². The molecule has 2 aliphatic carbocycles. The Morgan fingerprint density at radius 2 is 1.91 bits per heavy atom. The molecule has 0 unspecified atom stereocenters. The van der Waals surface area contributed by atoms with Gasteiger partial charge in [0.05, 0.1) is 14.2 Å². The molecule has 2 aliphatic rings. The van der Waals surface area contributed by atoms with E-state index in [-0.39, 0.29) is 5.91 Å². The lowest BCUT2D eigenvalue weighted by Gasteiger charge is -2.21. The Labute approximate surface area is 132 Å². The molecule has 120 valence electrons. The van der Waals surface area contributed by atoms with E-state index >= 15 is 0 Å². The van der Waals surface area contributed by atoms with Crippen LogP contribution < -0.4 is 14.8 Å². The van der Waals surface area contributed by atoms with Gasteiger partial charge in [-0.2, -0.15) is 0 Å². The lowest BCUT2D eigenvalue weighted by molar-refractivity contribution is -0.117. The number of anilines is 1. The molecule has 0 spiro atoms. The summed E-state index contributed by atoms with van der Waals surface area (Å²) in [5, 5.41) is 3.05. The van der Waals surface area contributed by atoms with E-state index in [0.717, 1.165) is 23.1 Å². The van der Waals surface area contributed by atoms with Gasteiger partial charge in [0, 0.05) is 18.2 Å². The van der Waals surface area contributed by atoms with Gasteiger partial charge in [0.25, 0.3) is 0 Å². The normalized spacial score (nSPS) is 26.0. The van der Waals surface area contributed by atoms with Gasteiger partial charge in [0.1, 0.15) is 0 Å². The highest BCUT2D eigenvalue weighted by Crippen LogP contribution is 2.49. The molecule has 1 N–H and O–H groups in total. The van der Waals surface area contributed by atoms with Gasteiger partial charge in [0.15, 0.2) is 11.5 Å². The summed E-state index contributed by atoms with van der Waals surface area (Å²) in [5.74, 6) is 3.69. The third kappa shape index (κ3) is 2.92. The average molecular weight is 303 g/mol. The molecule has 0 aromatic heterocycles. The molecule has 0 aliphatic heterocycles. The number of rotatable bonds is 5. The molecule has 4 nitrogen and oxygen atoms in total. The highest BCUT2D eigenvalue weighted by Gasteiger charge is 2.40. The van der Waals surface area contributed by atoms with Gasteiger partial charge < -0.3 is 14.8 Å². The second-order valence-electron chi connectivity index (χ2n) is 6.71. The number of amides is 1. The lowest BCUT2D eigenvalue weighted by Crippen LogP contribution is -2.20. The Morgan fingerprint density at radius 1 is 1.18 bits per heavy atom. The van der Waals surface area contributed by atoms with Crippen LogP contribution in [0.15, 0.2) is 12.1 Å². The number of aryl methyl sites for hydroxylation is 1. The molecular formula is C18H25NO3. The fraction of sp³-hybridized carbons (Fsp3) is 0.611. The summed E-state index contributed by atoms with van der Waals surface area (Å²) in [6.07, 6.45) is 5.92. The van der Waals surface area contributed by atoms with Crippen molar-refractivity contribution in [1.29, 1.82) is 0 Å². The van der Waals surface area contributed by atoms with Crippen molar-refractivity contribution in [3.63, 3.8) is 0 Å². The van der Waals surface area contributed by atoms with E-state index in [1.807, 2.05) is 19.1 Å². The zero-order valence-electron chi connectivity index (χ0n) is 13.6. The molecule has 0 radical (unpaired) electrons. The number of methoxy groups -OCH3 is 2. The minimum absolute atomic E-state index is 0.118. The fourth-order valence-electron chi connectivity index (χ4n) is 4.18. The summed E-state index contributed by atoms with van der Waals surface area (Å²) in [5.41, 5.74) is 1.80. The van der Waals surface area contributed by atoms with Crippen LogP contribution in [-0.2, 0) is 4.79 Å². The van der Waals surface area contributed by atoms with Crippen molar-refractivity contribution in [2.45, 2.75) is 39.0 Å². The van der Waals surface area contributed by atoms with Crippen LogP contribution in [0.5, 0.6) is 11.5 Å². The summed E-state index contributed by atoms with van der Waals surface area (Å²) < 4.78 is 10.6. The van der Waals surface area contributed by atoms with Crippen LogP contribution in [0.1, 0.15) is 37.7 Å². The van der Waals surface area contributed by atoms with E-state index in [0.29, 0.717) is 23.8 Å². The van der Waals surface area contributed by atoms with Crippen molar-refractivity contribution < 1.29 is 14.3 Å². The lowest BCUT2D eigenvalue weighted by atomic mass is 9.86. The van der Waals surface area contributed by atoms with E-state index in [2.05, 4.69) is 5.32 Å². The molecule has 0 heterocycles. The second-order valence-corrected chi connectivity index (χ2v) is 6.71. The third-order valence-corrected chi connectivity index (χ3v) is 5.34. The van der Waals surface area contributed by atoms with Gasteiger partial charge in [-0.05, 0) is 55.6 Å². The average Bonchev–Trinajstić information content (AvgIpc) is 3.11. The Kier molecular flexibility index (Phi) is 4.27. The molecule has 4 heteroatoms. The minimum Gasteiger partial charge on any atom is -0.493 e. The molecule has 3 atom stereocenters. The number of carbonyl (C=O) groups is 1. The Balaban J connectivity index is 1.66. The van der Waals surface area contributed by atoms with E-state index < -0.39 is 0 Å². The quantitative estimate of drug-likeness (QED) is 0.900. The number of benzene rings is 1. The molecule has 3 rings (SSSR count). The van der Waals surface area contributed by atoms with Crippen LogP contribution in [0.2, 0.25) is 0 Å². The maximum absolute atomic E-state index is 12.4. The number of nitrogens with one attached hydrogen (secondary N) is 1. The van der Waals surface area contributed by atoms with Gasteiger partial charge in [-0.3, -0.25) is 4.79 Å². The highest BCUT2D eigenvalue weighted by atomic mass is 16.5. The van der Waals surface area contributed by atoms with Crippen molar-refractivity contribution in [3.8, 4) is 11.5 Å². The Morgan fingerprint density at radius 3 is 2.50 bits per heavy atom. The van der Waals surface area contributed by atoms with Crippen molar-refractivity contribution in [2.24, 2.45) is 17.8 Å². The van der Waals surface area contributed by atoms with Gasteiger partial charge in [-0.1, -0.05) is 6.42 Å². The minimum atomic E-state index is 0.118. The molecule has 0 saturated heterocycles. The van der Waals surface area contributed by atoms with Crippen molar-refractivity contribution in [1.82, 2.24) is 0 Å². The number of carbonyl (C=O) groups excluding carboxylic acids is 1. The predicted octanol–water partition coefficient (Wildman–Crippen LogP) is 3.78. The summed E-state index contributed by atoms with van der Waals surface area (Å²) in [7, 11) is 3.22. The standard InChI is InChI=1S/C18H25NO3/c1-11-6-16(21-2)17(22-3)10-15(11)19-18(20)9-14-8-12-4-5-13(14)7-12/h6,10,12-14H,4-5,7-9H2,1-3H3,(H,19,20)/t12-,13-,14-/m0/s1. The summed E-state index contributed by atoms with van der Waals surface area (Å²) >= 11 is 0. The molecule has 2 saturated carbocycles. The summed E-state index contributed by atoms with van der Waals surface area (Å²) in [4.78, 5) is 12.4. The summed E-state index contributed by atoms with van der Waals surface area (Å²) in [6.45, 7) is 1.97. The molecule has 22 heavy (non-hydrogen) atoms. The third-order valence-electron chi connectivity index (χ3n) is 5.34. The van der Waals surface area contributed by atoms with Crippen molar-refractivity contribution >= 4 is 11.6 Å². The zero-order chi connectivity index (χ0) is 15.7. The van der Waals surface area contributed by atoms with Gasteiger partial charge in [0.2, 0.25) is 5.91 Å². The highest BCUT2D eigenvalue weighted by molar-refractivity contribution is 5.92. The molecule has 1 aromatic carbocycles. The smallest absolute Gasteiger partial charge is 0.224 e. The van der Waals surface area contributed by atoms with Gasteiger partial charge in [-0.25, -0.2) is 0 Å². The number of hydrogen-bond donors (Lipinski definition) is 1. The summed E-state index contributed by atoms with van der Waals surface area (Å²) in [6, 6.07) is 3.73. The van der Waals surface area contributed by atoms with Crippen LogP contribution in [0, 0.1) is 24.7 Å². The number of fused-ring (bicyclic) bond motifs is 2. The van der Waals surface area contributed by atoms with E-state index in [1.165, 1.54) is 25.7 Å². The Bertz CT molecular complexity index is 570. The number of hydrogen-bond acceptors (Lipinski definition) is 3. The first-order valence-corrected chi connectivity index (χ1v) is 8.13. The largest absolute Gasteiger partial charge is 0.493 e. The molecule has 1 aromatic rings. The van der Waals surface area contributed by atoms with Crippen LogP contribution in [-0.4, -0.2) is 20.1 Å². The first kappa shape index (κ1) is 15.2. The Hall–Kier alpha value is -1.71. The first-order valence-electron chi connectivity index (χ1n) is 8.13. The van der Waals surface area contributed by atoms with E-state index in [9.17, 15) is 4.79 Å². The van der Waals surface area contributed by atoms with Gasteiger partial charge >= 0.3 is 0 Å². The van der Waals surface area contributed by atoms with E-state index in [4.69, 9.17) is 9.47 Å². The van der Waals surface area contributed by atoms with Crippen LogP contribution in [0.25, 0.3) is 0 Å². The molecular weight excluding hydrogens is 278 g/mol.